The Kier molecular flexibility index (Phi) is 11.4. The number of rotatable bonds is 14. The van der Waals surface area contributed by atoms with Crippen LogP contribution in [0, 0.1) is 5.82 Å². The first-order valence-electron chi connectivity index (χ1n) is 11.3. The van der Waals surface area contributed by atoms with Crippen molar-refractivity contribution in [2.45, 2.75) is 71.1 Å². The SMILES string of the molecule is CCCCCCCCCCCCOC(=O)c1cccc(C(=O)Oc2cccc(F)c2)c1. The zero-order valence-electron chi connectivity index (χ0n) is 18.4. The molecule has 0 N–H and O–H groups in total. The maximum atomic E-state index is 13.2. The number of carbonyl (C=O) groups is 2. The molecule has 2 rings (SSSR count). The minimum Gasteiger partial charge on any atom is -0.462 e. The molecule has 0 aromatic heterocycles. The van der Waals surface area contributed by atoms with Crippen molar-refractivity contribution in [2.75, 3.05) is 6.61 Å². The molecule has 0 aliphatic carbocycles. The topological polar surface area (TPSA) is 52.6 Å². The summed E-state index contributed by atoms with van der Waals surface area (Å²) < 4.78 is 23.7. The second-order valence-electron chi connectivity index (χ2n) is 7.75. The molecule has 0 amide bonds. The number of carbonyl (C=O) groups excluding carboxylic acids is 2. The van der Waals surface area contributed by atoms with E-state index in [2.05, 4.69) is 6.92 Å². The van der Waals surface area contributed by atoms with Crippen molar-refractivity contribution >= 4 is 11.9 Å². The zero-order chi connectivity index (χ0) is 22.3. The van der Waals surface area contributed by atoms with Crippen LogP contribution in [0.2, 0.25) is 0 Å². The lowest BCUT2D eigenvalue weighted by molar-refractivity contribution is 0.0497. The van der Waals surface area contributed by atoms with Gasteiger partial charge in [0.15, 0.2) is 0 Å². The second kappa shape index (κ2) is 14.3. The molecule has 0 radical (unpaired) electrons. The van der Waals surface area contributed by atoms with Gasteiger partial charge in [-0.1, -0.05) is 76.8 Å². The first kappa shape index (κ1) is 24.6. The number of hydrogen-bond acceptors (Lipinski definition) is 4. The fourth-order valence-corrected chi connectivity index (χ4v) is 3.31. The van der Waals surface area contributed by atoms with Gasteiger partial charge < -0.3 is 9.47 Å². The fourth-order valence-electron chi connectivity index (χ4n) is 3.31. The third-order valence-corrected chi connectivity index (χ3v) is 5.07. The number of hydrogen-bond donors (Lipinski definition) is 0. The van der Waals surface area contributed by atoms with E-state index in [-0.39, 0.29) is 11.3 Å². The van der Waals surface area contributed by atoms with Crippen LogP contribution < -0.4 is 4.74 Å². The molecule has 0 fully saturated rings. The number of esters is 2. The van der Waals surface area contributed by atoms with E-state index in [0.29, 0.717) is 12.2 Å². The van der Waals surface area contributed by atoms with Gasteiger partial charge in [0, 0.05) is 6.07 Å². The van der Waals surface area contributed by atoms with Gasteiger partial charge in [-0.25, -0.2) is 14.0 Å². The normalized spacial score (nSPS) is 10.6. The molecule has 2 aromatic carbocycles. The van der Waals surface area contributed by atoms with Gasteiger partial charge in [-0.3, -0.25) is 0 Å². The molecule has 0 saturated carbocycles. The summed E-state index contributed by atoms with van der Waals surface area (Å²) in [5, 5.41) is 0. The predicted molar refractivity (Wildman–Crippen MR) is 120 cm³/mol. The molecule has 0 aliphatic rings. The third kappa shape index (κ3) is 9.77. The molecule has 0 saturated heterocycles. The molecule has 0 aliphatic heterocycles. The summed E-state index contributed by atoms with van der Waals surface area (Å²) in [4.78, 5) is 24.5. The minimum absolute atomic E-state index is 0.110. The van der Waals surface area contributed by atoms with Crippen molar-refractivity contribution in [1.29, 1.82) is 0 Å². The monoisotopic (exact) mass is 428 g/mol. The smallest absolute Gasteiger partial charge is 0.343 e. The standard InChI is InChI=1S/C26H33FO4/c1-2-3-4-5-6-7-8-9-10-11-18-30-25(28)21-14-12-15-22(19-21)26(29)31-24-17-13-16-23(27)20-24/h12-17,19-20H,2-11,18H2,1H3. The molecular weight excluding hydrogens is 395 g/mol. The van der Waals surface area contributed by atoms with Crippen LogP contribution in [0.4, 0.5) is 4.39 Å². The summed E-state index contributed by atoms with van der Waals surface area (Å²) >= 11 is 0. The van der Waals surface area contributed by atoms with E-state index in [1.54, 1.807) is 18.2 Å². The first-order chi connectivity index (χ1) is 15.1. The molecule has 0 heterocycles. The van der Waals surface area contributed by atoms with Crippen molar-refractivity contribution in [3.8, 4) is 5.75 Å². The van der Waals surface area contributed by atoms with E-state index in [1.807, 2.05) is 0 Å². The first-order valence-corrected chi connectivity index (χ1v) is 11.3. The van der Waals surface area contributed by atoms with Crippen molar-refractivity contribution in [3.05, 3.63) is 65.5 Å². The van der Waals surface area contributed by atoms with Crippen LogP contribution >= 0.6 is 0 Å². The summed E-state index contributed by atoms with van der Waals surface area (Å²) in [6, 6.07) is 11.5. The summed E-state index contributed by atoms with van der Waals surface area (Å²) in [5.41, 5.74) is 0.499. The highest BCUT2D eigenvalue weighted by Gasteiger charge is 2.13. The quantitative estimate of drug-likeness (QED) is 0.183. The Morgan fingerprint density at radius 1 is 0.742 bits per heavy atom. The fraction of sp³-hybridized carbons (Fsp3) is 0.462. The summed E-state index contributed by atoms with van der Waals surface area (Å²) in [5.74, 6) is -1.50. The molecule has 31 heavy (non-hydrogen) atoms. The number of benzene rings is 2. The maximum absolute atomic E-state index is 13.2. The molecule has 0 unspecified atom stereocenters. The Hall–Kier alpha value is -2.69. The number of unbranched alkanes of at least 4 members (excludes halogenated alkanes) is 9. The Balaban J connectivity index is 1.66. The van der Waals surface area contributed by atoms with Gasteiger partial charge >= 0.3 is 11.9 Å². The lowest BCUT2D eigenvalue weighted by atomic mass is 10.1. The Morgan fingerprint density at radius 2 is 1.32 bits per heavy atom. The molecule has 0 bridgehead atoms. The minimum atomic E-state index is -0.657. The van der Waals surface area contributed by atoms with E-state index in [0.717, 1.165) is 25.3 Å². The second-order valence-corrected chi connectivity index (χ2v) is 7.75. The maximum Gasteiger partial charge on any atom is 0.343 e. The Labute approximate surface area is 184 Å². The van der Waals surface area contributed by atoms with E-state index in [1.165, 1.54) is 69.2 Å². The van der Waals surface area contributed by atoms with Crippen molar-refractivity contribution in [3.63, 3.8) is 0 Å². The average molecular weight is 429 g/mol. The molecule has 168 valence electrons. The van der Waals surface area contributed by atoms with E-state index >= 15 is 0 Å². The van der Waals surface area contributed by atoms with Crippen LogP contribution in [-0.2, 0) is 4.74 Å². The highest BCUT2D eigenvalue weighted by atomic mass is 19.1. The highest BCUT2D eigenvalue weighted by Crippen LogP contribution is 2.16. The predicted octanol–water partition coefficient (Wildman–Crippen LogP) is 7.12. The molecule has 2 aromatic rings. The Bertz CT molecular complexity index is 819. The van der Waals surface area contributed by atoms with Gasteiger partial charge in [0.1, 0.15) is 11.6 Å². The van der Waals surface area contributed by atoms with Crippen LogP contribution in [-0.4, -0.2) is 18.5 Å². The lowest BCUT2D eigenvalue weighted by Crippen LogP contribution is -2.11. The van der Waals surface area contributed by atoms with Crippen LogP contribution in [0.5, 0.6) is 5.75 Å². The van der Waals surface area contributed by atoms with Gasteiger partial charge in [-0.05, 0) is 36.8 Å². The summed E-state index contributed by atoms with van der Waals surface area (Å²) in [7, 11) is 0. The largest absolute Gasteiger partial charge is 0.462 e. The third-order valence-electron chi connectivity index (χ3n) is 5.07. The highest BCUT2D eigenvalue weighted by molar-refractivity contribution is 5.96. The Morgan fingerprint density at radius 3 is 1.97 bits per heavy atom. The van der Waals surface area contributed by atoms with E-state index < -0.39 is 17.8 Å². The van der Waals surface area contributed by atoms with E-state index in [9.17, 15) is 14.0 Å². The number of halogens is 1. The zero-order valence-corrected chi connectivity index (χ0v) is 18.4. The van der Waals surface area contributed by atoms with Gasteiger partial charge in [0.25, 0.3) is 0 Å². The lowest BCUT2D eigenvalue weighted by Gasteiger charge is -2.07. The molecular formula is C26H33FO4. The van der Waals surface area contributed by atoms with Gasteiger partial charge in [-0.15, -0.1) is 0 Å². The number of ether oxygens (including phenoxy) is 2. The van der Waals surface area contributed by atoms with Crippen LogP contribution in [0.15, 0.2) is 48.5 Å². The van der Waals surface area contributed by atoms with Gasteiger partial charge in [-0.2, -0.15) is 0 Å². The molecule has 5 heteroatoms. The van der Waals surface area contributed by atoms with Gasteiger partial charge in [0.2, 0.25) is 0 Å². The van der Waals surface area contributed by atoms with Gasteiger partial charge in [0.05, 0.1) is 17.7 Å². The summed E-state index contributed by atoms with van der Waals surface area (Å²) in [6.45, 7) is 2.60. The summed E-state index contributed by atoms with van der Waals surface area (Å²) in [6.07, 6.45) is 12.2. The van der Waals surface area contributed by atoms with Crippen LogP contribution in [0.3, 0.4) is 0 Å². The average Bonchev–Trinajstić information content (AvgIpc) is 2.77. The van der Waals surface area contributed by atoms with Crippen molar-refractivity contribution in [1.82, 2.24) is 0 Å². The van der Waals surface area contributed by atoms with Crippen molar-refractivity contribution < 1.29 is 23.5 Å². The van der Waals surface area contributed by atoms with Crippen molar-refractivity contribution in [2.24, 2.45) is 0 Å². The molecule has 0 spiro atoms. The van der Waals surface area contributed by atoms with Crippen LogP contribution in [0.25, 0.3) is 0 Å². The molecule has 4 nitrogen and oxygen atoms in total. The van der Waals surface area contributed by atoms with E-state index in [4.69, 9.17) is 9.47 Å². The molecule has 0 atom stereocenters. The van der Waals surface area contributed by atoms with Crippen LogP contribution in [0.1, 0.15) is 91.8 Å².